The van der Waals surface area contributed by atoms with Gasteiger partial charge in [-0.05, 0) is 19.0 Å². The van der Waals surface area contributed by atoms with E-state index in [1.54, 1.807) is 6.07 Å². The van der Waals surface area contributed by atoms with E-state index in [0.717, 1.165) is 25.1 Å². The Morgan fingerprint density at radius 2 is 2.50 bits per heavy atom. The monoisotopic (exact) mass is 166 g/mol. The average molecular weight is 166 g/mol. The maximum Gasteiger partial charge on any atom is 0.216 e. The van der Waals surface area contributed by atoms with Gasteiger partial charge in [-0.1, -0.05) is 6.07 Å². The van der Waals surface area contributed by atoms with Gasteiger partial charge in [0.25, 0.3) is 0 Å². The summed E-state index contributed by atoms with van der Waals surface area (Å²) in [4.78, 5) is 3.63. The largest absolute Gasteiger partial charge is 0.316 e. The third kappa shape index (κ3) is 1.32. The van der Waals surface area contributed by atoms with Crippen molar-refractivity contribution in [2.75, 3.05) is 13.1 Å². The third-order valence-corrected chi connectivity index (χ3v) is 2.29. The van der Waals surface area contributed by atoms with E-state index in [-0.39, 0.29) is 5.95 Å². The van der Waals surface area contributed by atoms with Crippen LogP contribution in [0.3, 0.4) is 0 Å². The molecule has 2 heterocycles. The molecule has 0 bridgehead atoms. The summed E-state index contributed by atoms with van der Waals surface area (Å²) < 4.78 is 13.1. The smallest absolute Gasteiger partial charge is 0.216 e. The van der Waals surface area contributed by atoms with Gasteiger partial charge in [-0.15, -0.1) is 0 Å². The molecular weight excluding hydrogens is 155 g/mol. The lowest BCUT2D eigenvalue weighted by molar-refractivity contribution is 0.549. The molecule has 1 saturated heterocycles. The van der Waals surface area contributed by atoms with Crippen LogP contribution in [0, 0.1) is 5.95 Å². The first-order valence-electron chi connectivity index (χ1n) is 4.19. The number of pyridine rings is 1. The maximum absolute atomic E-state index is 13.1. The van der Waals surface area contributed by atoms with E-state index in [9.17, 15) is 4.39 Å². The van der Waals surface area contributed by atoms with Gasteiger partial charge in [0.15, 0.2) is 0 Å². The molecule has 64 valence electrons. The summed E-state index contributed by atoms with van der Waals surface area (Å²) in [5.41, 5.74) is 0.752. The zero-order valence-corrected chi connectivity index (χ0v) is 6.76. The molecule has 0 spiro atoms. The van der Waals surface area contributed by atoms with Crippen molar-refractivity contribution >= 4 is 0 Å². The first-order chi connectivity index (χ1) is 5.88. The highest BCUT2D eigenvalue weighted by atomic mass is 19.1. The van der Waals surface area contributed by atoms with Gasteiger partial charge < -0.3 is 5.32 Å². The Hall–Kier alpha value is -0.960. The highest BCUT2D eigenvalue weighted by Crippen LogP contribution is 2.22. The molecule has 0 amide bonds. The Labute approximate surface area is 70.8 Å². The summed E-state index contributed by atoms with van der Waals surface area (Å²) in [6, 6.07) is 3.61. The number of hydrogen-bond acceptors (Lipinski definition) is 2. The van der Waals surface area contributed by atoms with Crippen LogP contribution in [0.15, 0.2) is 18.3 Å². The summed E-state index contributed by atoms with van der Waals surface area (Å²) >= 11 is 0. The number of rotatable bonds is 1. The highest BCUT2D eigenvalue weighted by molar-refractivity contribution is 5.18. The van der Waals surface area contributed by atoms with E-state index in [4.69, 9.17) is 0 Å². The lowest BCUT2D eigenvalue weighted by Crippen LogP contribution is -2.09. The average Bonchev–Trinajstić information content (AvgIpc) is 2.57. The number of hydrogen-bond donors (Lipinski definition) is 1. The van der Waals surface area contributed by atoms with Crippen molar-refractivity contribution in [3.63, 3.8) is 0 Å². The fourth-order valence-corrected chi connectivity index (χ4v) is 1.62. The van der Waals surface area contributed by atoms with E-state index in [2.05, 4.69) is 10.3 Å². The van der Waals surface area contributed by atoms with Gasteiger partial charge in [0.2, 0.25) is 5.95 Å². The van der Waals surface area contributed by atoms with Crippen molar-refractivity contribution in [1.29, 1.82) is 0 Å². The third-order valence-electron chi connectivity index (χ3n) is 2.29. The second-order valence-corrected chi connectivity index (χ2v) is 3.07. The SMILES string of the molecule is Fc1ncccc1C1CCNC1. The number of halogens is 1. The van der Waals surface area contributed by atoms with Crippen molar-refractivity contribution in [1.82, 2.24) is 10.3 Å². The van der Waals surface area contributed by atoms with Crippen LogP contribution in [0.4, 0.5) is 4.39 Å². The Morgan fingerprint density at radius 3 is 3.17 bits per heavy atom. The quantitative estimate of drug-likeness (QED) is 0.636. The number of nitrogens with one attached hydrogen (secondary N) is 1. The summed E-state index contributed by atoms with van der Waals surface area (Å²) in [7, 11) is 0. The van der Waals surface area contributed by atoms with E-state index in [1.165, 1.54) is 6.20 Å². The molecule has 2 nitrogen and oxygen atoms in total. The molecule has 1 fully saturated rings. The van der Waals surface area contributed by atoms with E-state index in [1.807, 2.05) is 6.07 Å². The van der Waals surface area contributed by atoms with E-state index < -0.39 is 0 Å². The minimum Gasteiger partial charge on any atom is -0.316 e. The van der Waals surface area contributed by atoms with Gasteiger partial charge in [0, 0.05) is 24.2 Å². The zero-order chi connectivity index (χ0) is 8.39. The van der Waals surface area contributed by atoms with Crippen LogP contribution in [-0.2, 0) is 0 Å². The normalized spacial score (nSPS) is 22.9. The molecule has 0 aliphatic carbocycles. The van der Waals surface area contributed by atoms with Crippen LogP contribution in [0.25, 0.3) is 0 Å². The molecular formula is C9H11FN2. The van der Waals surface area contributed by atoms with Crippen LogP contribution in [0.1, 0.15) is 17.9 Å². The summed E-state index contributed by atoms with van der Waals surface area (Å²) in [5.74, 6) is 0.00454. The molecule has 1 aromatic heterocycles. The van der Waals surface area contributed by atoms with Gasteiger partial charge in [-0.2, -0.15) is 4.39 Å². The Bertz CT molecular complexity index is 269. The molecule has 0 radical (unpaired) electrons. The molecule has 1 aliphatic rings. The highest BCUT2D eigenvalue weighted by Gasteiger charge is 2.19. The van der Waals surface area contributed by atoms with Crippen LogP contribution < -0.4 is 5.32 Å². The Morgan fingerprint density at radius 1 is 1.58 bits per heavy atom. The molecule has 3 heteroatoms. The van der Waals surface area contributed by atoms with Crippen molar-refractivity contribution < 1.29 is 4.39 Å². The second kappa shape index (κ2) is 3.19. The standard InChI is InChI=1S/C9H11FN2/c10-9-8(2-1-4-12-9)7-3-5-11-6-7/h1-2,4,7,11H,3,5-6H2. The van der Waals surface area contributed by atoms with Gasteiger partial charge >= 0.3 is 0 Å². The van der Waals surface area contributed by atoms with E-state index in [0.29, 0.717) is 5.92 Å². The molecule has 0 saturated carbocycles. The second-order valence-electron chi connectivity index (χ2n) is 3.07. The lowest BCUT2D eigenvalue weighted by Gasteiger charge is -2.07. The van der Waals surface area contributed by atoms with Gasteiger partial charge in [-0.3, -0.25) is 0 Å². The molecule has 2 rings (SSSR count). The Kier molecular flexibility index (Phi) is 2.04. The van der Waals surface area contributed by atoms with Crippen molar-refractivity contribution in [2.24, 2.45) is 0 Å². The zero-order valence-electron chi connectivity index (χ0n) is 6.76. The van der Waals surface area contributed by atoms with Gasteiger partial charge in [-0.25, -0.2) is 4.98 Å². The van der Waals surface area contributed by atoms with E-state index >= 15 is 0 Å². The maximum atomic E-state index is 13.1. The molecule has 1 atom stereocenters. The minimum atomic E-state index is -0.314. The van der Waals surface area contributed by atoms with Gasteiger partial charge in [0.05, 0.1) is 0 Å². The molecule has 1 aromatic rings. The molecule has 12 heavy (non-hydrogen) atoms. The van der Waals surface area contributed by atoms with Gasteiger partial charge in [0.1, 0.15) is 0 Å². The van der Waals surface area contributed by atoms with Crippen molar-refractivity contribution in [3.8, 4) is 0 Å². The molecule has 1 N–H and O–H groups in total. The first-order valence-corrected chi connectivity index (χ1v) is 4.19. The minimum absolute atomic E-state index is 0.314. The van der Waals surface area contributed by atoms with Crippen molar-refractivity contribution in [3.05, 3.63) is 29.8 Å². The first kappa shape index (κ1) is 7.68. The number of nitrogens with zero attached hydrogens (tertiary/aromatic N) is 1. The molecule has 1 unspecified atom stereocenters. The predicted molar refractivity (Wildman–Crippen MR) is 44.4 cm³/mol. The van der Waals surface area contributed by atoms with Crippen LogP contribution >= 0.6 is 0 Å². The van der Waals surface area contributed by atoms with Crippen LogP contribution in [0.5, 0.6) is 0 Å². The fraction of sp³-hybridized carbons (Fsp3) is 0.444. The predicted octanol–water partition coefficient (Wildman–Crippen LogP) is 1.30. The summed E-state index contributed by atoms with van der Waals surface area (Å²) in [6.07, 6.45) is 2.50. The fourth-order valence-electron chi connectivity index (χ4n) is 1.62. The van der Waals surface area contributed by atoms with Crippen LogP contribution in [0.2, 0.25) is 0 Å². The van der Waals surface area contributed by atoms with Crippen LogP contribution in [-0.4, -0.2) is 18.1 Å². The summed E-state index contributed by atoms with van der Waals surface area (Å²) in [5, 5.41) is 3.20. The summed E-state index contributed by atoms with van der Waals surface area (Å²) in [6.45, 7) is 1.86. The molecule has 1 aliphatic heterocycles. The van der Waals surface area contributed by atoms with Crippen molar-refractivity contribution in [2.45, 2.75) is 12.3 Å². The Balaban J connectivity index is 2.26. The lowest BCUT2D eigenvalue weighted by atomic mass is 10.0. The molecule has 0 aromatic carbocycles. The number of aromatic nitrogens is 1. The topological polar surface area (TPSA) is 24.9 Å².